The second-order valence-electron chi connectivity index (χ2n) is 6.95. The van der Waals surface area contributed by atoms with E-state index in [0.717, 1.165) is 5.56 Å². The Kier molecular flexibility index (Phi) is 8.10. The van der Waals surface area contributed by atoms with Crippen LogP contribution >= 0.6 is 0 Å². The van der Waals surface area contributed by atoms with Gasteiger partial charge in [-0.1, -0.05) is 44.2 Å². The van der Waals surface area contributed by atoms with Gasteiger partial charge in [0, 0.05) is 18.8 Å². The van der Waals surface area contributed by atoms with E-state index in [2.05, 4.69) is 20.6 Å². The van der Waals surface area contributed by atoms with Gasteiger partial charge in [-0.05, 0) is 24.0 Å². The minimum atomic E-state index is -1.70. The fraction of sp³-hybridized carbons (Fsp3) is 0.368. The third kappa shape index (κ3) is 6.75. The van der Waals surface area contributed by atoms with Crippen LogP contribution in [0.2, 0.25) is 0 Å². The molecule has 9 heteroatoms. The van der Waals surface area contributed by atoms with Crippen molar-refractivity contribution >= 4 is 18.9 Å². The molecule has 0 aliphatic rings. The maximum Gasteiger partial charge on any atom is 0.475 e. The molecular formula is C19H25BN4O4. The summed E-state index contributed by atoms with van der Waals surface area (Å²) in [4.78, 5) is 33.0. The molecule has 1 aromatic carbocycles. The van der Waals surface area contributed by atoms with E-state index in [0.29, 0.717) is 6.42 Å². The zero-order valence-electron chi connectivity index (χ0n) is 15.9. The molecule has 2 aromatic rings. The van der Waals surface area contributed by atoms with Gasteiger partial charge < -0.3 is 20.7 Å². The van der Waals surface area contributed by atoms with Gasteiger partial charge in [-0.3, -0.25) is 9.59 Å². The molecule has 8 nitrogen and oxygen atoms in total. The van der Waals surface area contributed by atoms with Crippen molar-refractivity contribution in [3.63, 3.8) is 0 Å². The molecule has 0 fully saturated rings. The molecule has 148 valence electrons. The second-order valence-corrected chi connectivity index (χ2v) is 6.95. The molecule has 0 spiro atoms. The molecule has 28 heavy (non-hydrogen) atoms. The van der Waals surface area contributed by atoms with Gasteiger partial charge in [-0.25, -0.2) is 9.97 Å². The van der Waals surface area contributed by atoms with Crippen molar-refractivity contribution in [3.05, 3.63) is 60.2 Å². The summed E-state index contributed by atoms with van der Waals surface area (Å²) < 4.78 is 0. The summed E-state index contributed by atoms with van der Waals surface area (Å²) >= 11 is 0. The van der Waals surface area contributed by atoms with Crippen molar-refractivity contribution < 1.29 is 19.6 Å². The Bertz CT molecular complexity index is 759. The van der Waals surface area contributed by atoms with Gasteiger partial charge >= 0.3 is 7.12 Å². The van der Waals surface area contributed by atoms with Crippen molar-refractivity contribution in [2.75, 3.05) is 0 Å². The highest BCUT2D eigenvalue weighted by molar-refractivity contribution is 6.43. The molecule has 0 aliphatic heterocycles. The normalized spacial score (nSPS) is 12.9. The van der Waals surface area contributed by atoms with Crippen LogP contribution in [0.1, 0.15) is 36.5 Å². The molecule has 0 aliphatic carbocycles. The SMILES string of the molecule is CC(C)CC(NC(=O)C(Cc1ccccc1)NC(=O)c1ncccn1)B(O)O. The first-order valence-electron chi connectivity index (χ1n) is 9.15. The van der Waals surface area contributed by atoms with Crippen molar-refractivity contribution in [1.82, 2.24) is 20.6 Å². The first-order valence-corrected chi connectivity index (χ1v) is 9.15. The molecule has 0 saturated carbocycles. The number of hydrogen-bond acceptors (Lipinski definition) is 6. The maximum atomic E-state index is 12.8. The lowest BCUT2D eigenvalue weighted by Crippen LogP contribution is -2.55. The number of amides is 2. The largest absolute Gasteiger partial charge is 0.475 e. The smallest absolute Gasteiger partial charge is 0.426 e. The highest BCUT2D eigenvalue weighted by Crippen LogP contribution is 2.08. The summed E-state index contributed by atoms with van der Waals surface area (Å²) in [6, 6.07) is 9.89. The Morgan fingerprint density at radius 2 is 1.68 bits per heavy atom. The fourth-order valence-corrected chi connectivity index (χ4v) is 2.74. The van der Waals surface area contributed by atoms with Crippen LogP contribution in [-0.4, -0.2) is 50.9 Å². The van der Waals surface area contributed by atoms with E-state index in [9.17, 15) is 19.6 Å². The molecule has 1 aromatic heterocycles. The lowest BCUT2D eigenvalue weighted by Gasteiger charge is -2.24. The minimum Gasteiger partial charge on any atom is -0.426 e. The number of nitrogens with zero attached hydrogens (tertiary/aromatic N) is 2. The first-order chi connectivity index (χ1) is 13.4. The van der Waals surface area contributed by atoms with Crippen molar-refractivity contribution in [2.45, 2.75) is 38.7 Å². The monoisotopic (exact) mass is 384 g/mol. The number of hydrogen-bond donors (Lipinski definition) is 4. The summed E-state index contributed by atoms with van der Waals surface area (Å²) in [6.07, 6.45) is 3.50. The van der Waals surface area contributed by atoms with E-state index in [1.54, 1.807) is 6.07 Å². The van der Waals surface area contributed by atoms with Crippen LogP contribution in [0.15, 0.2) is 48.8 Å². The lowest BCUT2D eigenvalue weighted by molar-refractivity contribution is -0.123. The van der Waals surface area contributed by atoms with E-state index in [4.69, 9.17) is 0 Å². The predicted molar refractivity (Wildman–Crippen MR) is 105 cm³/mol. The Labute approximate surface area is 164 Å². The van der Waals surface area contributed by atoms with Crippen LogP contribution < -0.4 is 10.6 Å². The summed E-state index contributed by atoms with van der Waals surface area (Å²) in [6.45, 7) is 3.83. The minimum absolute atomic E-state index is 0.0470. The molecule has 0 radical (unpaired) electrons. The number of carbonyl (C=O) groups excluding carboxylic acids is 2. The van der Waals surface area contributed by atoms with Crippen LogP contribution in [0.4, 0.5) is 0 Å². The molecular weight excluding hydrogens is 359 g/mol. The van der Waals surface area contributed by atoms with Gasteiger partial charge in [-0.15, -0.1) is 0 Å². The van der Waals surface area contributed by atoms with Crippen LogP contribution in [0.3, 0.4) is 0 Å². The standard InChI is InChI=1S/C19H25BN4O4/c1-13(2)11-16(20(27)28)24-18(25)15(12-14-7-4-3-5-8-14)23-19(26)17-21-9-6-10-22-17/h3-10,13,15-16,27-28H,11-12H2,1-2H3,(H,23,26)(H,24,25). The number of nitrogens with one attached hydrogen (secondary N) is 2. The quantitative estimate of drug-likeness (QED) is 0.463. The number of benzene rings is 1. The molecule has 2 rings (SSSR count). The Balaban J connectivity index is 2.16. The third-order valence-electron chi connectivity index (χ3n) is 4.09. The van der Waals surface area contributed by atoms with Gasteiger partial charge in [0.15, 0.2) is 0 Å². The van der Waals surface area contributed by atoms with Crippen LogP contribution in [0.5, 0.6) is 0 Å². The average Bonchev–Trinajstić information content (AvgIpc) is 2.68. The van der Waals surface area contributed by atoms with Gasteiger partial charge in [0.1, 0.15) is 6.04 Å². The van der Waals surface area contributed by atoms with Crippen LogP contribution in [0.25, 0.3) is 0 Å². The van der Waals surface area contributed by atoms with E-state index in [-0.39, 0.29) is 18.2 Å². The molecule has 0 bridgehead atoms. The molecule has 1 heterocycles. The highest BCUT2D eigenvalue weighted by atomic mass is 16.4. The zero-order valence-corrected chi connectivity index (χ0v) is 15.9. The van der Waals surface area contributed by atoms with Gasteiger partial charge in [0.2, 0.25) is 11.7 Å². The first kappa shape index (κ1) is 21.5. The maximum absolute atomic E-state index is 12.8. The molecule has 2 atom stereocenters. The van der Waals surface area contributed by atoms with E-state index in [1.807, 2.05) is 44.2 Å². The number of carbonyl (C=O) groups is 2. The molecule has 2 amide bonds. The molecule has 4 N–H and O–H groups in total. The van der Waals surface area contributed by atoms with Crippen LogP contribution in [-0.2, 0) is 11.2 Å². The number of rotatable bonds is 9. The topological polar surface area (TPSA) is 124 Å². The van der Waals surface area contributed by atoms with Crippen LogP contribution in [0, 0.1) is 5.92 Å². The number of aromatic nitrogens is 2. The lowest BCUT2D eigenvalue weighted by atomic mass is 9.75. The van der Waals surface area contributed by atoms with Crippen molar-refractivity contribution in [3.8, 4) is 0 Å². The summed E-state index contributed by atoms with van der Waals surface area (Å²) in [5.74, 6) is -1.83. The van der Waals surface area contributed by atoms with E-state index >= 15 is 0 Å². The summed E-state index contributed by atoms with van der Waals surface area (Å²) in [5.41, 5.74) is 0.849. The predicted octanol–water partition coefficient (Wildman–Crippen LogP) is 0.361. The van der Waals surface area contributed by atoms with E-state index in [1.165, 1.54) is 12.4 Å². The Hall–Kier alpha value is -2.78. The zero-order chi connectivity index (χ0) is 20.5. The van der Waals surface area contributed by atoms with Gasteiger partial charge in [-0.2, -0.15) is 0 Å². The summed E-state index contributed by atoms with van der Waals surface area (Å²) in [7, 11) is -1.70. The molecule has 2 unspecified atom stereocenters. The van der Waals surface area contributed by atoms with Crippen molar-refractivity contribution in [2.24, 2.45) is 5.92 Å². The molecule has 0 saturated heterocycles. The fourth-order valence-electron chi connectivity index (χ4n) is 2.74. The van der Waals surface area contributed by atoms with E-state index < -0.39 is 30.9 Å². The summed E-state index contributed by atoms with van der Waals surface area (Å²) in [5, 5.41) is 24.4. The van der Waals surface area contributed by atoms with Crippen molar-refractivity contribution in [1.29, 1.82) is 0 Å². The Morgan fingerprint density at radius 3 is 2.25 bits per heavy atom. The highest BCUT2D eigenvalue weighted by Gasteiger charge is 2.30. The average molecular weight is 384 g/mol. The van der Waals surface area contributed by atoms with Gasteiger partial charge in [0.25, 0.3) is 5.91 Å². The third-order valence-corrected chi connectivity index (χ3v) is 4.09. The second kappa shape index (κ2) is 10.5. The Morgan fingerprint density at radius 1 is 1.04 bits per heavy atom. The van der Waals surface area contributed by atoms with Gasteiger partial charge in [0.05, 0.1) is 5.94 Å².